The molecule has 1 saturated carbocycles. The molecule has 1 aliphatic carbocycles. The van der Waals surface area contributed by atoms with Crippen LogP contribution in [0.2, 0.25) is 0 Å². The Morgan fingerprint density at radius 1 is 1.38 bits per heavy atom. The van der Waals surface area contributed by atoms with Crippen molar-refractivity contribution in [1.29, 1.82) is 0 Å². The molecule has 0 bridgehead atoms. The number of carbonyl (C=O) groups excluding carboxylic acids is 1. The molecule has 10 heteroatoms. The first-order valence-corrected chi connectivity index (χ1v) is 8.18. The highest BCUT2D eigenvalue weighted by Crippen LogP contribution is 2.48. The van der Waals surface area contributed by atoms with E-state index in [0.717, 1.165) is 12.6 Å². The van der Waals surface area contributed by atoms with E-state index in [1.54, 1.807) is 0 Å². The lowest BCUT2D eigenvalue weighted by molar-refractivity contribution is -0.149. The number of carbonyl (C=O) groups is 2. The summed E-state index contributed by atoms with van der Waals surface area (Å²) in [7, 11) is 0. The zero-order chi connectivity index (χ0) is 19.1. The van der Waals surface area contributed by atoms with E-state index < -0.39 is 35.7 Å². The fourth-order valence-corrected chi connectivity index (χ4v) is 3.94. The van der Waals surface area contributed by atoms with Crippen LogP contribution in [0.3, 0.4) is 0 Å². The molecule has 3 rings (SSSR count). The number of nitrogens with zero attached hydrogens (tertiary/aromatic N) is 2. The average Bonchev–Trinajstić information content (AvgIpc) is 3.08. The molecule has 142 valence electrons. The summed E-state index contributed by atoms with van der Waals surface area (Å²) >= 11 is 0. The Morgan fingerprint density at radius 3 is 2.73 bits per heavy atom. The van der Waals surface area contributed by atoms with Crippen LogP contribution in [0.1, 0.15) is 19.3 Å². The van der Waals surface area contributed by atoms with Crippen molar-refractivity contribution >= 4 is 17.7 Å². The second-order valence-electron chi connectivity index (χ2n) is 6.83. The highest BCUT2D eigenvalue weighted by Gasteiger charge is 2.55. The molecule has 0 aromatic carbocycles. The van der Waals surface area contributed by atoms with Gasteiger partial charge in [-0.15, -0.1) is 0 Å². The van der Waals surface area contributed by atoms with Gasteiger partial charge in [-0.1, -0.05) is 6.42 Å². The topological polar surface area (TPSA) is 91.6 Å². The van der Waals surface area contributed by atoms with E-state index in [1.165, 1.54) is 17.0 Å². The molecule has 7 nitrogen and oxygen atoms in total. The predicted octanol–water partition coefficient (Wildman–Crippen LogP) is 2.13. The molecule has 0 radical (unpaired) electrons. The number of likely N-dealkylation sites (tertiary alicyclic amines) is 1. The van der Waals surface area contributed by atoms with Gasteiger partial charge in [0, 0.05) is 19.3 Å². The Labute approximate surface area is 146 Å². The first-order chi connectivity index (χ1) is 12.1. The molecule has 2 heterocycles. The summed E-state index contributed by atoms with van der Waals surface area (Å²) in [5.74, 6) is -1.09. The van der Waals surface area contributed by atoms with Crippen molar-refractivity contribution in [3.05, 3.63) is 28.7 Å². The summed E-state index contributed by atoms with van der Waals surface area (Å²) in [5.41, 5.74) is -2.21. The molecule has 2 atom stereocenters. The standard InChI is InChI=1S/C16H18F3N3O4/c17-16(18,19)9-21-6-2-4-11(12(21)23)20-14(26)22-7-10-3-1-5-15(10,8-22)13(24)25/h2,4,6,10H,1,3,5,7-9H2,(H,20,26)(H,24,25)/t10-,15+/m0/s1. The minimum Gasteiger partial charge on any atom is -0.481 e. The van der Waals surface area contributed by atoms with Gasteiger partial charge in [-0.2, -0.15) is 13.2 Å². The third kappa shape index (κ3) is 3.27. The lowest BCUT2D eigenvalue weighted by Gasteiger charge is -2.23. The van der Waals surface area contributed by atoms with E-state index in [-0.39, 0.29) is 24.7 Å². The first kappa shape index (κ1) is 18.3. The smallest absolute Gasteiger partial charge is 0.406 e. The third-order valence-corrected chi connectivity index (χ3v) is 5.20. The molecular weight excluding hydrogens is 355 g/mol. The number of hydrogen-bond donors (Lipinski definition) is 2. The number of carboxylic acids is 1. The Balaban J connectivity index is 1.75. The first-order valence-electron chi connectivity index (χ1n) is 8.18. The fourth-order valence-electron chi connectivity index (χ4n) is 3.94. The van der Waals surface area contributed by atoms with Gasteiger partial charge in [0.05, 0.1) is 5.41 Å². The van der Waals surface area contributed by atoms with Crippen molar-refractivity contribution in [1.82, 2.24) is 9.47 Å². The van der Waals surface area contributed by atoms with Crippen LogP contribution in [0.4, 0.5) is 23.7 Å². The van der Waals surface area contributed by atoms with Gasteiger partial charge >= 0.3 is 18.2 Å². The maximum Gasteiger partial charge on any atom is 0.406 e. The van der Waals surface area contributed by atoms with Crippen LogP contribution in [-0.2, 0) is 11.3 Å². The summed E-state index contributed by atoms with van der Waals surface area (Å²) in [5, 5.41) is 11.9. The molecule has 0 spiro atoms. The number of aliphatic carboxylic acids is 1. The predicted molar refractivity (Wildman–Crippen MR) is 84.8 cm³/mol. The van der Waals surface area contributed by atoms with Crippen LogP contribution >= 0.6 is 0 Å². The van der Waals surface area contributed by atoms with E-state index in [4.69, 9.17) is 0 Å². The van der Waals surface area contributed by atoms with Crippen molar-refractivity contribution in [3.63, 3.8) is 0 Å². The lowest BCUT2D eigenvalue weighted by Crippen LogP contribution is -2.40. The fraction of sp³-hybridized carbons (Fsp3) is 0.562. The number of fused-ring (bicyclic) bond motifs is 1. The summed E-state index contributed by atoms with van der Waals surface area (Å²) in [6, 6.07) is 1.78. The molecule has 2 fully saturated rings. The van der Waals surface area contributed by atoms with E-state index in [1.807, 2.05) is 0 Å². The van der Waals surface area contributed by atoms with Gasteiger partial charge in [0.25, 0.3) is 5.56 Å². The van der Waals surface area contributed by atoms with E-state index in [0.29, 0.717) is 17.4 Å². The van der Waals surface area contributed by atoms with Crippen LogP contribution in [0.5, 0.6) is 0 Å². The summed E-state index contributed by atoms with van der Waals surface area (Å²) in [6.07, 6.45) is -1.59. The number of hydrogen-bond acceptors (Lipinski definition) is 3. The number of nitrogens with one attached hydrogen (secondary N) is 1. The van der Waals surface area contributed by atoms with Crippen molar-refractivity contribution in [2.24, 2.45) is 11.3 Å². The van der Waals surface area contributed by atoms with Gasteiger partial charge in [-0.25, -0.2) is 4.79 Å². The molecule has 1 aromatic rings. The highest BCUT2D eigenvalue weighted by molar-refractivity contribution is 5.90. The second-order valence-corrected chi connectivity index (χ2v) is 6.83. The van der Waals surface area contributed by atoms with Crippen LogP contribution < -0.4 is 10.9 Å². The molecule has 26 heavy (non-hydrogen) atoms. The summed E-state index contributed by atoms with van der Waals surface area (Å²) < 4.78 is 38.0. The number of alkyl halides is 3. The minimum atomic E-state index is -4.56. The highest BCUT2D eigenvalue weighted by atomic mass is 19.4. The molecule has 2 amide bonds. The number of halogens is 3. The van der Waals surface area contributed by atoms with Crippen molar-refractivity contribution < 1.29 is 27.9 Å². The third-order valence-electron chi connectivity index (χ3n) is 5.20. The summed E-state index contributed by atoms with van der Waals surface area (Å²) in [6.45, 7) is -1.17. The van der Waals surface area contributed by atoms with E-state index >= 15 is 0 Å². The van der Waals surface area contributed by atoms with Crippen LogP contribution in [0.25, 0.3) is 0 Å². The molecule has 2 N–H and O–H groups in total. The zero-order valence-electron chi connectivity index (χ0n) is 13.8. The Morgan fingerprint density at radius 2 is 2.12 bits per heavy atom. The van der Waals surface area contributed by atoms with Gasteiger partial charge in [0.2, 0.25) is 0 Å². The zero-order valence-corrected chi connectivity index (χ0v) is 13.8. The van der Waals surface area contributed by atoms with Gasteiger partial charge in [0.1, 0.15) is 12.2 Å². The van der Waals surface area contributed by atoms with Crippen LogP contribution in [-0.4, -0.2) is 45.8 Å². The Hall–Kier alpha value is -2.52. The minimum absolute atomic E-state index is 0.0302. The molecular formula is C16H18F3N3O4. The maximum absolute atomic E-state index is 12.5. The summed E-state index contributed by atoms with van der Waals surface area (Å²) in [4.78, 5) is 37.5. The number of rotatable bonds is 3. The SMILES string of the molecule is O=C(Nc1cccn(CC(F)(F)F)c1=O)N1C[C@@H]2CCC[C@@]2(C(=O)O)C1. The van der Waals surface area contributed by atoms with Gasteiger partial charge < -0.3 is 19.9 Å². The van der Waals surface area contributed by atoms with Gasteiger partial charge in [0.15, 0.2) is 0 Å². The molecule has 0 unspecified atom stereocenters. The quantitative estimate of drug-likeness (QED) is 0.849. The molecule has 1 saturated heterocycles. The van der Waals surface area contributed by atoms with Crippen LogP contribution in [0, 0.1) is 11.3 Å². The number of anilines is 1. The number of urea groups is 1. The largest absolute Gasteiger partial charge is 0.481 e. The number of carboxylic acid groups (broad SMARTS) is 1. The molecule has 1 aromatic heterocycles. The normalized spacial score (nSPS) is 25.2. The van der Waals surface area contributed by atoms with Gasteiger partial charge in [-0.05, 0) is 30.9 Å². The molecule has 2 aliphatic rings. The lowest BCUT2D eigenvalue weighted by atomic mass is 9.81. The Kier molecular flexibility index (Phi) is 4.45. The Bertz CT molecular complexity index is 792. The average molecular weight is 373 g/mol. The van der Waals surface area contributed by atoms with Gasteiger partial charge in [-0.3, -0.25) is 9.59 Å². The van der Waals surface area contributed by atoms with E-state index in [2.05, 4.69) is 5.32 Å². The van der Waals surface area contributed by atoms with E-state index in [9.17, 15) is 32.7 Å². The second kappa shape index (κ2) is 6.33. The monoisotopic (exact) mass is 373 g/mol. The maximum atomic E-state index is 12.5. The van der Waals surface area contributed by atoms with Crippen LogP contribution in [0.15, 0.2) is 23.1 Å². The number of amides is 2. The number of pyridine rings is 1. The van der Waals surface area contributed by atoms with Crippen molar-refractivity contribution in [2.75, 3.05) is 18.4 Å². The van der Waals surface area contributed by atoms with Crippen molar-refractivity contribution in [3.8, 4) is 0 Å². The van der Waals surface area contributed by atoms with Crippen molar-refractivity contribution in [2.45, 2.75) is 32.0 Å². The number of aromatic nitrogens is 1. The molecule has 1 aliphatic heterocycles.